The monoisotopic (exact) mass is 272 g/mol. The van der Waals surface area contributed by atoms with Crippen LogP contribution in [0.1, 0.15) is 33.1 Å². The number of ether oxygens (including phenoxy) is 1. The lowest BCUT2D eigenvalue weighted by Gasteiger charge is -2.08. The van der Waals surface area contributed by atoms with Crippen LogP contribution in [0.15, 0.2) is 24.3 Å². The molecule has 0 amide bonds. The first-order valence-electron chi connectivity index (χ1n) is 6.21. The molecule has 1 N–H and O–H groups in total. The molecule has 5 heteroatoms. The third-order valence-corrected chi connectivity index (χ3v) is 3.03. The van der Waals surface area contributed by atoms with Gasteiger partial charge in [0.15, 0.2) is 0 Å². The van der Waals surface area contributed by atoms with Gasteiger partial charge in [-0.05, 0) is 31.5 Å². The Kier molecular flexibility index (Phi) is 3.98. The third kappa shape index (κ3) is 2.93. The molecule has 20 heavy (non-hydrogen) atoms. The summed E-state index contributed by atoms with van der Waals surface area (Å²) in [6, 6.07) is 7.65. The molecule has 5 nitrogen and oxygen atoms in total. The number of hydrogen-bond donors (Lipinski definition) is 1. The summed E-state index contributed by atoms with van der Waals surface area (Å²) in [6.45, 7) is 3.38. The maximum absolute atomic E-state index is 11.1. The molecule has 0 saturated heterocycles. The summed E-state index contributed by atoms with van der Waals surface area (Å²) in [7, 11) is 1.62. The first-order valence-corrected chi connectivity index (χ1v) is 6.21. The second-order valence-electron chi connectivity index (χ2n) is 4.52. The second-order valence-corrected chi connectivity index (χ2v) is 4.52. The second kappa shape index (κ2) is 5.69. The van der Waals surface area contributed by atoms with Gasteiger partial charge in [-0.2, -0.15) is 0 Å². The molecule has 0 unspecified atom stereocenters. The molecule has 0 bridgehead atoms. The maximum Gasteiger partial charge on any atom is 0.339 e. The minimum absolute atomic E-state index is 0.180. The highest BCUT2D eigenvalue weighted by Crippen LogP contribution is 2.16. The summed E-state index contributed by atoms with van der Waals surface area (Å²) in [5.41, 5.74) is 2.18. The largest absolute Gasteiger partial charge is 0.497 e. The third-order valence-electron chi connectivity index (χ3n) is 3.03. The van der Waals surface area contributed by atoms with Gasteiger partial charge >= 0.3 is 5.97 Å². The van der Waals surface area contributed by atoms with Crippen LogP contribution in [0.2, 0.25) is 0 Å². The lowest BCUT2D eigenvalue weighted by molar-refractivity contribution is 0.0694. The van der Waals surface area contributed by atoms with Gasteiger partial charge in [-0.3, -0.25) is 0 Å². The van der Waals surface area contributed by atoms with Crippen LogP contribution < -0.4 is 4.74 Å². The maximum atomic E-state index is 11.1. The summed E-state index contributed by atoms with van der Waals surface area (Å²) in [6.07, 6.45) is 0.540. The van der Waals surface area contributed by atoms with E-state index in [1.165, 1.54) is 0 Å². The summed E-state index contributed by atoms with van der Waals surface area (Å²) in [4.78, 5) is 19.6. The van der Waals surface area contributed by atoms with Crippen molar-refractivity contribution in [2.75, 3.05) is 7.11 Å². The fourth-order valence-corrected chi connectivity index (χ4v) is 2.14. The molecule has 1 aromatic heterocycles. The van der Waals surface area contributed by atoms with Gasteiger partial charge in [-0.1, -0.05) is 12.1 Å². The van der Waals surface area contributed by atoms with E-state index in [0.29, 0.717) is 23.6 Å². The normalized spacial score (nSPS) is 10.3. The zero-order valence-corrected chi connectivity index (χ0v) is 11.7. The molecular formula is C15H16N2O3. The van der Waals surface area contributed by atoms with Crippen LogP contribution in [-0.2, 0) is 6.42 Å². The van der Waals surface area contributed by atoms with Gasteiger partial charge in [0.1, 0.15) is 17.1 Å². The van der Waals surface area contributed by atoms with Crippen LogP contribution in [-0.4, -0.2) is 28.2 Å². The Morgan fingerprint density at radius 3 is 2.45 bits per heavy atom. The van der Waals surface area contributed by atoms with Gasteiger partial charge < -0.3 is 9.84 Å². The number of benzene rings is 1. The Bertz CT molecular complexity index is 630. The molecule has 0 aliphatic rings. The average molecular weight is 272 g/mol. The highest BCUT2D eigenvalue weighted by molar-refractivity contribution is 5.89. The number of methoxy groups -OCH3 is 1. The van der Waals surface area contributed by atoms with Crippen molar-refractivity contribution >= 4 is 5.97 Å². The molecule has 0 saturated carbocycles. The minimum atomic E-state index is -0.993. The molecule has 0 aliphatic carbocycles. The van der Waals surface area contributed by atoms with Gasteiger partial charge in [0.05, 0.1) is 18.5 Å². The van der Waals surface area contributed by atoms with Crippen LogP contribution in [0.25, 0.3) is 0 Å². The molecule has 0 fully saturated rings. The van der Waals surface area contributed by atoms with Crippen LogP contribution in [0, 0.1) is 13.8 Å². The number of nitrogens with zero attached hydrogens (tertiary/aromatic N) is 2. The van der Waals surface area contributed by atoms with Gasteiger partial charge in [-0.25, -0.2) is 14.8 Å². The lowest BCUT2D eigenvalue weighted by atomic mass is 10.1. The number of aromatic nitrogens is 2. The zero-order chi connectivity index (χ0) is 14.7. The van der Waals surface area contributed by atoms with Crippen molar-refractivity contribution in [3.05, 3.63) is 52.6 Å². The fraction of sp³-hybridized carbons (Fsp3) is 0.267. The van der Waals surface area contributed by atoms with Crippen LogP contribution >= 0.6 is 0 Å². The first-order chi connectivity index (χ1) is 9.51. The van der Waals surface area contributed by atoms with E-state index < -0.39 is 5.97 Å². The van der Waals surface area contributed by atoms with Gasteiger partial charge in [0, 0.05) is 6.42 Å². The molecule has 0 aliphatic heterocycles. The summed E-state index contributed by atoms with van der Waals surface area (Å²) in [5, 5.41) is 9.10. The van der Waals surface area contributed by atoms with Gasteiger partial charge in [0.2, 0.25) is 0 Å². The number of aromatic carboxylic acids is 1. The molecule has 0 radical (unpaired) electrons. The Hall–Kier alpha value is -2.43. The van der Waals surface area contributed by atoms with Crippen LogP contribution in [0.4, 0.5) is 0 Å². The summed E-state index contributed by atoms with van der Waals surface area (Å²) < 4.78 is 5.17. The number of carboxylic acids is 1. The van der Waals surface area contributed by atoms with E-state index in [2.05, 4.69) is 9.97 Å². The molecule has 104 valence electrons. The lowest BCUT2D eigenvalue weighted by Crippen LogP contribution is -2.10. The predicted octanol–water partition coefficient (Wildman–Crippen LogP) is 2.39. The number of aryl methyl sites for hydroxylation is 2. The van der Waals surface area contributed by atoms with Crippen molar-refractivity contribution in [1.29, 1.82) is 0 Å². The van der Waals surface area contributed by atoms with Crippen molar-refractivity contribution in [3.63, 3.8) is 0 Å². The number of carboxylic acid groups (broad SMARTS) is 1. The van der Waals surface area contributed by atoms with Crippen LogP contribution in [0.3, 0.4) is 0 Å². The summed E-state index contributed by atoms with van der Waals surface area (Å²) in [5.74, 6) is 0.393. The van der Waals surface area contributed by atoms with E-state index in [-0.39, 0.29) is 5.56 Å². The Morgan fingerprint density at radius 1 is 1.25 bits per heavy atom. The van der Waals surface area contributed by atoms with Crippen LogP contribution in [0.5, 0.6) is 5.75 Å². The van der Waals surface area contributed by atoms with E-state index in [1.54, 1.807) is 21.0 Å². The van der Waals surface area contributed by atoms with E-state index in [4.69, 9.17) is 9.84 Å². The standard InChI is InChI=1S/C15H16N2O3/c1-9-14(15(18)19)10(2)17-13(16-9)8-11-5-4-6-12(7-11)20-3/h4-7H,8H2,1-3H3,(H,18,19). The molecule has 1 aromatic carbocycles. The summed E-state index contributed by atoms with van der Waals surface area (Å²) >= 11 is 0. The van der Waals surface area contributed by atoms with E-state index >= 15 is 0 Å². The number of hydrogen-bond acceptors (Lipinski definition) is 4. The zero-order valence-electron chi connectivity index (χ0n) is 11.7. The molecular weight excluding hydrogens is 256 g/mol. The van der Waals surface area contributed by atoms with Gasteiger partial charge in [0.25, 0.3) is 0 Å². The predicted molar refractivity (Wildman–Crippen MR) is 74.3 cm³/mol. The SMILES string of the molecule is COc1cccc(Cc2nc(C)c(C(=O)O)c(C)n2)c1. The average Bonchev–Trinajstić information content (AvgIpc) is 2.37. The first kappa shape index (κ1) is 14.0. The van der Waals surface area contributed by atoms with Crippen molar-refractivity contribution in [3.8, 4) is 5.75 Å². The van der Waals surface area contributed by atoms with E-state index in [9.17, 15) is 4.79 Å². The Morgan fingerprint density at radius 2 is 1.90 bits per heavy atom. The molecule has 2 aromatic rings. The fourth-order valence-electron chi connectivity index (χ4n) is 2.14. The van der Waals surface area contributed by atoms with E-state index in [0.717, 1.165) is 11.3 Å². The Labute approximate surface area is 117 Å². The topological polar surface area (TPSA) is 72.3 Å². The van der Waals surface area contributed by atoms with Crippen molar-refractivity contribution in [2.24, 2.45) is 0 Å². The molecule has 0 spiro atoms. The van der Waals surface area contributed by atoms with Gasteiger partial charge in [-0.15, -0.1) is 0 Å². The molecule has 2 rings (SSSR count). The highest BCUT2D eigenvalue weighted by Gasteiger charge is 2.14. The number of rotatable bonds is 4. The van der Waals surface area contributed by atoms with Crippen molar-refractivity contribution < 1.29 is 14.6 Å². The van der Waals surface area contributed by atoms with Crippen molar-refractivity contribution in [2.45, 2.75) is 20.3 Å². The minimum Gasteiger partial charge on any atom is -0.497 e. The quantitative estimate of drug-likeness (QED) is 0.925. The highest BCUT2D eigenvalue weighted by atomic mass is 16.5. The van der Waals surface area contributed by atoms with E-state index in [1.807, 2.05) is 24.3 Å². The molecule has 0 atom stereocenters. The Balaban J connectivity index is 2.32. The number of carbonyl (C=O) groups is 1. The molecule has 1 heterocycles. The van der Waals surface area contributed by atoms with Crippen molar-refractivity contribution in [1.82, 2.24) is 9.97 Å². The smallest absolute Gasteiger partial charge is 0.339 e.